The zero-order chi connectivity index (χ0) is 17.6. The van der Waals surface area contributed by atoms with E-state index < -0.39 is 0 Å². The molecule has 2 saturated heterocycles. The van der Waals surface area contributed by atoms with Crippen LogP contribution in [-0.4, -0.2) is 66.1 Å². The molecule has 0 unspecified atom stereocenters. The number of pyridine rings is 1. The summed E-state index contributed by atoms with van der Waals surface area (Å²) in [6.07, 6.45) is 0.760. The first-order valence-electron chi connectivity index (χ1n) is 8.35. The zero-order valence-electron chi connectivity index (χ0n) is 14.2. The molecule has 2 aliphatic rings. The fourth-order valence-electron chi connectivity index (χ4n) is 3.73. The summed E-state index contributed by atoms with van der Waals surface area (Å²) in [6, 6.07) is 9.54. The maximum Gasteiger partial charge on any atom is 0.317 e. The lowest BCUT2D eigenvalue weighted by molar-refractivity contribution is 0.0660. The van der Waals surface area contributed by atoms with Crippen LogP contribution in [0.3, 0.4) is 0 Å². The minimum Gasteiger partial charge on any atom is -0.481 e. The van der Waals surface area contributed by atoms with Crippen LogP contribution in [0.4, 0.5) is 4.79 Å². The fraction of sp³-hybridized carbons (Fsp3) is 0.389. The van der Waals surface area contributed by atoms with E-state index in [2.05, 4.69) is 10.3 Å². The molecule has 3 amide bonds. The number of hydrogen-bond acceptors (Lipinski definition) is 4. The Morgan fingerprint density at radius 3 is 2.96 bits per heavy atom. The topological polar surface area (TPSA) is 74.8 Å². The number of methoxy groups -OCH3 is 1. The average Bonchev–Trinajstić information content (AvgIpc) is 2.93. The second-order valence-electron chi connectivity index (χ2n) is 6.51. The maximum absolute atomic E-state index is 12.9. The van der Waals surface area contributed by atoms with Gasteiger partial charge in [-0.2, -0.15) is 0 Å². The number of carbonyl (C=O) groups excluding carboxylic acids is 2. The van der Waals surface area contributed by atoms with Crippen LogP contribution in [0.1, 0.15) is 16.9 Å². The van der Waals surface area contributed by atoms with E-state index in [1.165, 1.54) is 0 Å². The largest absolute Gasteiger partial charge is 0.481 e. The first-order chi connectivity index (χ1) is 12.1. The van der Waals surface area contributed by atoms with E-state index in [-0.39, 0.29) is 24.0 Å². The lowest BCUT2D eigenvalue weighted by Gasteiger charge is -2.35. The zero-order valence-corrected chi connectivity index (χ0v) is 14.2. The number of nitrogens with one attached hydrogen (secondary N) is 1. The first-order valence-corrected chi connectivity index (χ1v) is 8.35. The van der Waals surface area contributed by atoms with Crippen LogP contribution >= 0.6 is 0 Å². The summed E-state index contributed by atoms with van der Waals surface area (Å²) in [5.41, 5.74) is 0.367. The van der Waals surface area contributed by atoms with Crippen LogP contribution in [-0.2, 0) is 0 Å². The Labute approximate surface area is 145 Å². The predicted octanol–water partition coefficient (Wildman–Crippen LogP) is 1.48. The van der Waals surface area contributed by atoms with Crippen molar-refractivity contribution in [2.75, 3.05) is 27.2 Å². The Morgan fingerprint density at radius 1 is 1.36 bits per heavy atom. The van der Waals surface area contributed by atoms with Gasteiger partial charge >= 0.3 is 6.03 Å². The quantitative estimate of drug-likeness (QED) is 0.899. The van der Waals surface area contributed by atoms with Crippen molar-refractivity contribution in [3.63, 3.8) is 0 Å². The van der Waals surface area contributed by atoms with Crippen molar-refractivity contribution in [1.29, 1.82) is 0 Å². The molecule has 7 heteroatoms. The van der Waals surface area contributed by atoms with Crippen molar-refractivity contribution in [2.45, 2.75) is 18.5 Å². The van der Waals surface area contributed by atoms with Crippen molar-refractivity contribution < 1.29 is 14.3 Å². The van der Waals surface area contributed by atoms with Gasteiger partial charge in [0.1, 0.15) is 5.69 Å². The summed E-state index contributed by atoms with van der Waals surface area (Å²) >= 11 is 0. The minimum atomic E-state index is -0.133. The molecule has 4 rings (SSSR count). The summed E-state index contributed by atoms with van der Waals surface area (Å²) in [6.45, 7) is 1.10. The van der Waals surface area contributed by atoms with Gasteiger partial charge in [0.2, 0.25) is 5.88 Å². The molecule has 7 nitrogen and oxygen atoms in total. The smallest absolute Gasteiger partial charge is 0.317 e. The van der Waals surface area contributed by atoms with Crippen LogP contribution in [0.5, 0.6) is 5.88 Å². The van der Waals surface area contributed by atoms with E-state index in [9.17, 15) is 9.59 Å². The number of likely N-dealkylation sites (tertiary alicyclic amines) is 1. The third kappa shape index (κ3) is 2.56. The van der Waals surface area contributed by atoms with Gasteiger partial charge in [-0.25, -0.2) is 9.78 Å². The van der Waals surface area contributed by atoms with Gasteiger partial charge in [-0.1, -0.05) is 18.2 Å². The molecular weight excluding hydrogens is 320 g/mol. The van der Waals surface area contributed by atoms with E-state index in [4.69, 9.17) is 4.74 Å². The van der Waals surface area contributed by atoms with Gasteiger partial charge in [-0.05, 0) is 23.9 Å². The second kappa shape index (κ2) is 5.91. The van der Waals surface area contributed by atoms with Crippen LogP contribution in [0.25, 0.3) is 10.8 Å². The van der Waals surface area contributed by atoms with E-state index >= 15 is 0 Å². The molecule has 2 aromatic rings. The van der Waals surface area contributed by atoms with Crippen molar-refractivity contribution in [1.82, 2.24) is 20.1 Å². The molecule has 1 aromatic heterocycles. The third-order valence-electron chi connectivity index (χ3n) is 5.11. The van der Waals surface area contributed by atoms with Crippen LogP contribution in [0, 0.1) is 0 Å². The van der Waals surface area contributed by atoms with Gasteiger partial charge < -0.3 is 19.9 Å². The Balaban J connectivity index is 1.61. The number of likely N-dealkylation sites (N-methyl/N-ethyl adjacent to an activating group) is 1. The Hall–Kier alpha value is -2.83. The molecule has 0 aliphatic carbocycles. The molecular formula is C18H20N4O3. The molecule has 25 heavy (non-hydrogen) atoms. The van der Waals surface area contributed by atoms with E-state index in [0.29, 0.717) is 24.7 Å². The number of hydrogen-bond donors (Lipinski definition) is 1. The lowest BCUT2D eigenvalue weighted by Crippen LogP contribution is -2.52. The molecule has 2 fully saturated rings. The van der Waals surface area contributed by atoms with Crippen molar-refractivity contribution >= 4 is 22.7 Å². The number of benzene rings is 1. The molecule has 0 radical (unpaired) electrons. The monoisotopic (exact) mass is 340 g/mol. The number of urea groups is 1. The van der Waals surface area contributed by atoms with E-state index in [0.717, 1.165) is 17.2 Å². The normalized spacial score (nSPS) is 22.7. The number of aromatic nitrogens is 1. The van der Waals surface area contributed by atoms with Gasteiger partial charge in [0.05, 0.1) is 19.2 Å². The van der Waals surface area contributed by atoms with Gasteiger partial charge in [-0.3, -0.25) is 4.79 Å². The molecule has 0 bridgehead atoms. The highest BCUT2D eigenvalue weighted by Gasteiger charge is 2.41. The average molecular weight is 340 g/mol. The SMILES string of the molecule is COc1nc(C(=O)N2CC[C@H]3[C@@H](C2)NC(=O)N3C)cc2ccccc12. The molecule has 1 aromatic carbocycles. The van der Waals surface area contributed by atoms with Crippen molar-refractivity contribution in [3.05, 3.63) is 36.0 Å². The van der Waals surface area contributed by atoms with E-state index in [1.807, 2.05) is 24.3 Å². The van der Waals surface area contributed by atoms with Crippen LogP contribution < -0.4 is 10.1 Å². The Morgan fingerprint density at radius 2 is 2.16 bits per heavy atom. The van der Waals surface area contributed by atoms with Gasteiger partial charge in [0, 0.05) is 25.5 Å². The molecule has 0 saturated carbocycles. The maximum atomic E-state index is 12.9. The summed E-state index contributed by atoms with van der Waals surface area (Å²) in [5.74, 6) is 0.316. The van der Waals surface area contributed by atoms with Crippen molar-refractivity contribution in [3.8, 4) is 5.88 Å². The van der Waals surface area contributed by atoms with Crippen molar-refractivity contribution in [2.24, 2.45) is 0 Å². The van der Waals surface area contributed by atoms with E-state index in [1.54, 1.807) is 30.0 Å². The minimum absolute atomic E-state index is 0.0300. The predicted molar refractivity (Wildman–Crippen MR) is 92.7 cm³/mol. The van der Waals surface area contributed by atoms with Crippen LogP contribution in [0.2, 0.25) is 0 Å². The highest BCUT2D eigenvalue weighted by atomic mass is 16.5. The lowest BCUT2D eigenvalue weighted by atomic mass is 10.00. The molecule has 2 aliphatic heterocycles. The highest BCUT2D eigenvalue weighted by molar-refractivity contribution is 5.98. The Bertz CT molecular complexity index is 853. The number of carbonyl (C=O) groups is 2. The molecule has 3 heterocycles. The van der Waals surface area contributed by atoms with Gasteiger partial charge in [0.25, 0.3) is 5.91 Å². The Kier molecular flexibility index (Phi) is 3.71. The number of piperidine rings is 1. The first kappa shape index (κ1) is 15.7. The standard InChI is InChI=1S/C18H20N4O3/c1-21-15-7-8-22(10-14(15)20-18(21)24)17(23)13-9-11-5-3-4-6-12(11)16(19-13)25-2/h3-6,9,14-15H,7-8,10H2,1-2H3,(H,20,24)/t14-,15+/m1/s1. The molecule has 130 valence electrons. The summed E-state index contributed by atoms with van der Waals surface area (Å²) < 4.78 is 5.36. The number of amides is 3. The number of rotatable bonds is 2. The summed E-state index contributed by atoms with van der Waals surface area (Å²) in [7, 11) is 3.35. The molecule has 1 N–H and O–H groups in total. The molecule has 2 atom stereocenters. The number of nitrogens with zero attached hydrogens (tertiary/aromatic N) is 3. The summed E-state index contributed by atoms with van der Waals surface area (Å²) in [4.78, 5) is 32.6. The number of ether oxygens (including phenoxy) is 1. The van der Waals surface area contributed by atoms with Crippen LogP contribution in [0.15, 0.2) is 30.3 Å². The number of fused-ring (bicyclic) bond motifs is 2. The van der Waals surface area contributed by atoms with Gasteiger partial charge in [-0.15, -0.1) is 0 Å². The van der Waals surface area contributed by atoms with Gasteiger partial charge in [0.15, 0.2) is 0 Å². The highest BCUT2D eigenvalue weighted by Crippen LogP contribution is 2.26. The summed E-state index contributed by atoms with van der Waals surface area (Å²) in [5, 5.41) is 4.74. The fourth-order valence-corrected chi connectivity index (χ4v) is 3.73. The molecule has 0 spiro atoms. The third-order valence-corrected chi connectivity index (χ3v) is 5.11. The second-order valence-corrected chi connectivity index (χ2v) is 6.51.